The number of ether oxygens (including phenoxy) is 2. The maximum absolute atomic E-state index is 12.6. The molecular weight excluding hydrogens is 396 g/mol. The van der Waals surface area contributed by atoms with E-state index in [0.29, 0.717) is 22.6 Å². The first-order valence-corrected chi connectivity index (χ1v) is 10.4. The van der Waals surface area contributed by atoms with Gasteiger partial charge in [-0.15, -0.1) is 0 Å². The molecule has 0 saturated heterocycles. The predicted molar refractivity (Wildman–Crippen MR) is 117 cm³/mol. The first-order valence-electron chi connectivity index (χ1n) is 10.4. The van der Waals surface area contributed by atoms with E-state index in [9.17, 15) is 14.4 Å². The zero-order valence-electron chi connectivity index (χ0n) is 17.9. The maximum Gasteiger partial charge on any atom is 0.310 e. The number of esters is 1. The highest BCUT2D eigenvalue weighted by molar-refractivity contribution is 6.04. The molecule has 2 amide bonds. The third-order valence-electron chi connectivity index (χ3n) is 5.27. The van der Waals surface area contributed by atoms with Crippen molar-refractivity contribution in [1.82, 2.24) is 5.32 Å². The highest BCUT2D eigenvalue weighted by Crippen LogP contribution is 2.21. The van der Waals surface area contributed by atoms with Gasteiger partial charge in [0.15, 0.2) is 6.61 Å². The summed E-state index contributed by atoms with van der Waals surface area (Å²) in [4.78, 5) is 37.1. The Kier molecular flexibility index (Phi) is 7.65. The average molecular weight is 424 g/mol. The smallest absolute Gasteiger partial charge is 0.310 e. The molecule has 7 heteroatoms. The number of carbonyl (C=O) groups is 3. The van der Waals surface area contributed by atoms with Gasteiger partial charge in [-0.1, -0.05) is 42.7 Å². The number of rotatable bonds is 8. The van der Waals surface area contributed by atoms with E-state index in [1.54, 1.807) is 30.3 Å². The molecule has 7 nitrogen and oxygen atoms in total. The molecule has 164 valence electrons. The van der Waals surface area contributed by atoms with Crippen LogP contribution in [0.1, 0.15) is 47.2 Å². The second-order valence-corrected chi connectivity index (χ2v) is 7.70. The van der Waals surface area contributed by atoms with Crippen LogP contribution in [0, 0.1) is 6.92 Å². The predicted octanol–water partition coefficient (Wildman–Crippen LogP) is 3.40. The van der Waals surface area contributed by atoms with Gasteiger partial charge >= 0.3 is 5.97 Å². The fourth-order valence-electron chi connectivity index (χ4n) is 3.71. The summed E-state index contributed by atoms with van der Waals surface area (Å²) >= 11 is 0. The zero-order chi connectivity index (χ0) is 22.2. The molecule has 31 heavy (non-hydrogen) atoms. The summed E-state index contributed by atoms with van der Waals surface area (Å²) in [6.07, 6.45) is 4.18. The molecule has 1 aliphatic carbocycles. The Balaban J connectivity index is 1.54. The minimum absolute atomic E-state index is 0.00147. The van der Waals surface area contributed by atoms with Crippen molar-refractivity contribution >= 4 is 23.5 Å². The van der Waals surface area contributed by atoms with E-state index in [1.165, 1.54) is 7.11 Å². The quantitative estimate of drug-likeness (QED) is 0.634. The molecule has 0 aliphatic heterocycles. The Bertz CT molecular complexity index is 951. The van der Waals surface area contributed by atoms with Crippen LogP contribution in [-0.2, 0) is 20.7 Å². The summed E-state index contributed by atoms with van der Waals surface area (Å²) in [5.74, 6) is -0.669. The Morgan fingerprint density at radius 3 is 2.55 bits per heavy atom. The lowest BCUT2D eigenvalue weighted by Crippen LogP contribution is -2.33. The van der Waals surface area contributed by atoms with Crippen LogP contribution in [0.4, 0.5) is 5.69 Å². The lowest BCUT2D eigenvalue weighted by Gasteiger charge is -2.15. The lowest BCUT2D eigenvalue weighted by molar-refractivity contribution is -0.146. The van der Waals surface area contributed by atoms with Gasteiger partial charge in [0, 0.05) is 11.6 Å². The second kappa shape index (κ2) is 10.6. The van der Waals surface area contributed by atoms with Crippen LogP contribution in [0.3, 0.4) is 0 Å². The molecule has 2 N–H and O–H groups in total. The maximum atomic E-state index is 12.6. The molecule has 2 aromatic rings. The fraction of sp³-hybridized carbons (Fsp3) is 0.375. The zero-order valence-corrected chi connectivity index (χ0v) is 17.9. The van der Waals surface area contributed by atoms with Crippen molar-refractivity contribution in [3.05, 3.63) is 59.2 Å². The van der Waals surface area contributed by atoms with E-state index in [1.807, 2.05) is 19.1 Å². The molecule has 0 unspecified atom stereocenters. The number of anilines is 1. The summed E-state index contributed by atoms with van der Waals surface area (Å²) in [7, 11) is 1.53. The van der Waals surface area contributed by atoms with Gasteiger partial charge in [-0.05, 0) is 38.0 Å². The Morgan fingerprint density at radius 1 is 1.06 bits per heavy atom. The van der Waals surface area contributed by atoms with E-state index >= 15 is 0 Å². The van der Waals surface area contributed by atoms with Gasteiger partial charge in [0.1, 0.15) is 5.75 Å². The number of aryl methyl sites for hydroxylation is 1. The lowest BCUT2D eigenvalue weighted by atomic mass is 10.1. The number of hydrogen-bond donors (Lipinski definition) is 2. The van der Waals surface area contributed by atoms with Crippen LogP contribution in [0.25, 0.3) is 0 Å². The topological polar surface area (TPSA) is 93.7 Å². The van der Waals surface area contributed by atoms with Crippen LogP contribution >= 0.6 is 0 Å². The van der Waals surface area contributed by atoms with Gasteiger partial charge in [0.25, 0.3) is 11.8 Å². The first-order chi connectivity index (χ1) is 15.0. The van der Waals surface area contributed by atoms with Crippen molar-refractivity contribution in [2.24, 2.45) is 0 Å². The SMILES string of the molecule is COc1ccc(C)cc1CC(=O)OCC(=O)Nc1ccccc1C(=O)NC1CCCC1. The Hall–Kier alpha value is -3.35. The van der Waals surface area contributed by atoms with Gasteiger partial charge < -0.3 is 20.1 Å². The summed E-state index contributed by atoms with van der Waals surface area (Å²) in [6, 6.07) is 12.5. The first kappa shape index (κ1) is 22.3. The number of para-hydroxylation sites is 1. The van der Waals surface area contributed by atoms with Gasteiger partial charge in [-0.2, -0.15) is 0 Å². The molecule has 0 aromatic heterocycles. The molecule has 1 saturated carbocycles. The number of carbonyl (C=O) groups excluding carboxylic acids is 3. The molecule has 0 spiro atoms. The van der Waals surface area contributed by atoms with Crippen molar-refractivity contribution in [3.8, 4) is 5.75 Å². The summed E-state index contributed by atoms with van der Waals surface area (Å²) in [5.41, 5.74) is 2.47. The van der Waals surface area contributed by atoms with Crippen LogP contribution < -0.4 is 15.4 Å². The van der Waals surface area contributed by atoms with E-state index < -0.39 is 18.5 Å². The molecule has 0 radical (unpaired) electrons. The molecule has 0 bridgehead atoms. The highest BCUT2D eigenvalue weighted by atomic mass is 16.5. The number of hydrogen-bond acceptors (Lipinski definition) is 5. The average Bonchev–Trinajstić information content (AvgIpc) is 3.26. The molecule has 3 rings (SSSR count). The van der Waals surface area contributed by atoms with Gasteiger partial charge in [-0.25, -0.2) is 0 Å². The second-order valence-electron chi connectivity index (χ2n) is 7.70. The highest BCUT2D eigenvalue weighted by Gasteiger charge is 2.20. The van der Waals surface area contributed by atoms with Crippen molar-refractivity contribution < 1.29 is 23.9 Å². The van der Waals surface area contributed by atoms with Crippen molar-refractivity contribution in [3.63, 3.8) is 0 Å². The fourth-order valence-corrected chi connectivity index (χ4v) is 3.71. The normalized spacial score (nSPS) is 13.5. The molecule has 1 aliphatic rings. The minimum Gasteiger partial charge on any atom is -0.496 e. The molecular formula is C24H28N2O5. The van der Waals surface area contributed by atoms with E-state index in [2.05, 4.69) is 10.6 Å². The van der Waals surface area contributed by atoms with Gasteiger partial charge in [-0.3, -0.25) is 14.4 Å². The van der Waals surface area contributed by atoms with E-state index in [-0.39, 0.29) is 18.4 Å². The Labute approximate surface area is 182 Å². The van der Waals surface area contributed by atoms with Crippen LogP contribution in [-0.4, -0.2) is 37.5 Å². The minimum atomic E-state index is -0.536. The van der Waals surface area contributed by atoms with Crippen molar-refractivity contribution in [2.45, 2.75) is 45.1 Å². The van der Waals surface area contributed by atoms with Crippen molar-refractivity contribution in [1.29, 1.82) is 0 Å². The molecule has 0 heterocycles. The molecule has 1 fully saturated rings. The standard InChI is InChI=1S/C24H28N2O5/c1-16-11-12-21(30-2)17(13-16)14-23(28)31-15-22(27)26-20-10-6-5-9-19(20)24(29)25-18-7-3-4-8-18/h5-6,9-13,18H,3-4,7-8,14-15H2,1-2H3,(H,25,29)(H,26,27). The van der Waals surface area contributed by atoms with Gasteiger partial charge in [0.05, 0.1) is 24.8 Å². The van der Waals surface area contributed by atoms with E-state index in [0.717, 1.165) is 31.2 Å². The number of methoxy groups -OCH3 is 1. The van der Waals surface area contributed by atoms with Crippen LogP contribution in [0.5, 0.6) is 5.75 Å². The van der Waals surface area contributed by atoms with Crippen molar-refractivity contribution in [2.75, 3.05) is 19.0 Å². The number of amides is 2. The molecule has 2 aromatic carbocycles. The van der Waals surface area contributed by atoms with Gasteiger partial charge in [0.2, 0.25) is 0 Å². The third kappa shape index (κ3) is 6.31. The number of benzene rings is 2. The summed E-state index contributed by atoms with van der Waals surface area (Å²) < 4.78 is 10.4. The molecule has 0 atom stereocenters. The third-order valence-corrected chi connectivity index (χ3v) is 5.27. The monoisotopic (exact) mass is 424 g/mol. The van der Waals surface area contributed by atoms with E-state index in [4.69, 9.17) is 9.47 Å². The van der Waals surface area contributed by atoms with Crippen LogP contribution in [0.15, 0.2) is 42.5 Å². The Morgan fingerprint density at radius 2 is 1.81 bits per heavy atom. The summed E-state index contributed by atoms with van der Waals surface area (Å²) in [5, 5.41) is 5.68. The summed E-state index contributed by atoms with van der Waals surface area (Å²) in [6.45, 7) is 1.48. The largest absolute Gasteiger partial charge is 0.496 e. The number of nitrogens with one attached hydrogen (secondary N) is 2. The van der Waals surface area contributed by atoms with Crippen LogP contribution in [0.2, 0.25) is 0 Å².